The van der Waals surface area contributed by atoms with Gasteiger partial charge >= 0.3 is 22.2 Å². The van der Waals surface area contributed by atoms with Crippen molar-refractivity contribution in [1.82, 2.24) is 19.3 Å². The van der Waals surface area contributed by atoms with Crippen LogP contribution in [0.1, 0.15) is 58.0 Å². The predicted octanol–water partition coefficient (Wildman–Crippen LogP) is 2.35. The van der Waals surface area contributed by atoms with Gasteiger partial charge < -0.3 is 24.5 Å². The zero-order valence-electron chi connectivity index (χ0n) is 22.1. The molecule has 1 aliphatic rings. The van der Waals surface area contributed by atoms with E-state index in [1.165, 1.54) is 22.3 Å². The number of nitrogens with zero attached hydrogens (tertiary/aromatic N) is 4. The Morgan fingerprint density at radius 1 is 1.20 bits per heavy atom. The van der Waals surface area contributed by atoms with Gasteiger partial charge in [-0.05, 0) is 54.7 Å². The van der Waals surface area contributed by atoms with Gasteiger partial charge in [-0.25, -0.2) is 4.79 Å². The van der Waals surface area contributed by atoms with Crippen molar-refractivity contribution in [2.45, 2.75) is 51.9 Å². The fourth-order valence-electron chi connectivity index (χ4n) is 4.16. The number of aryl methyl sites for hydroxylation is 2. The molecule has 2 heterocycles. The van der Waals surface area contributed by atoms with Gasteiger partial charge in [-0.3, -0.25) is 9.48 Å². The molecule has 0 bridgehead atoms. The number of rotatable bonds is 12. The van der Waals surface area contributed by atoms with Gasteiger partial charge in [0.15, 0.2) is 5.69 Å². The first-order valence-electron chi connectivity index (χ1n) is 12.6. The van der Waals surface area contributed by atoms with Crippen molar-refractivity contribution in [3.8, 4) is 11.5 Å². The number of hydrogen-bond acceptors (Lipinski definition) is 10. The van der Waals surface area contributed by atoms with E-state index >= 15 is 0 Å². The van der Waals surface area contributed by atoms with Crippen LogP contribution in [0, 0.1) is 6.92 Å². The van der Waals surface area contributed by atoms with Gasteiger partial charge in [0, 0.05) is 31.2 Å². The van der Waals surface area contributed by atoms with Crippen molar-refractivity contribution in [2.75, 3.05) is 13.7 Å². The Morgan fingerprint density at radius 3 is 2.73 bits per heavy atom. The van der Waals surface area contributed by atoms with Crippen LogP contribution in [0.4, 0.5) is 0 Å². The van der Waals surface area contributed by atoms with Crippen molar-refractivity contribution < 1.29 is 36.8 Å². The molecule has 3 N–H and O–H groups in total. The third kappa shape index (κ3) is 7.14. The Balaban J connectivity index is 1.37. The van der Waals surface area contributed by atoms with Gasteiger partial charge in [-0.1, -0.05) is 23.4 Å². The summed E-state index contributed by atoms with van der Waals surface area (Å²) in [5.41, 5.74) is 9.02. The minimum absolute atomic E-state index is 0.00633. The molecule has 13 nitrogen and oxygen atoms in total. The van der Waals surface area contributed by atoms with Crippen LogP contribution in [0.15, 0.2) is 42.6 Å². The molecule has 0 radical (unpaired) electrons. The molecule has 1 aromatic heterocycles. The Bertz CT molecular complexity index is 1490. The molecule has 0 aliphatic carbocycles. The van der Waals surface area contributed by atoms with Crippen LogP contribution in [0.25, 0.3) is 0 Å². The molecular formula is C26H31N5O8S. The molecule has 1 atom stereocenters. The quantitative estimate of drug-likeness (QED) is 0.240. The molecule has 0 saturated carbocycles. The number of nitrogens with two attached hydrogens (primary N) is 1. The Morgan fingerprint density at radius 2 is 2.00 bits per heavy atom. The number of methoxy groups -OCH3 is 1. The molecule has 4 rings (SSSR count). The molecule has 0 saturated heterocycles. The number of hydrogen-bond donors (Lipinski definition) is 2. The highest BCUT2D eigenvalue weighted by Crippen LogP contribution is 2.33. The van der Waals surface area contributed by atoms with E-state index in [1.54, 1.807) is 24.3 Å². The molecule has 0 amide bonds. The summed E-state index contributed by atoms with van der Waals surface area (Å²) in [4.78, 5) is 22.5. The van der Waals surface area contributed by atoms with Crippen molar-refractivity contribution in [2.24, 2.45) is 5.73 Å². The summed E-state index contributed by atoms with van der Waals surface area (Å²) in [6.45, 7) is 2.92. The third-order valence-electron chi connectivity index (χ3n) is 6.46. The van der Waals surface area contributed by atoms with E-state index in [9.17, 15) is 18.0 Å². The van der Waals surface area contributed by atoms with E-state index in [0.717, 1.165) is 11.1 Å². The largest absolute Gasteiger partial charge is 0.494 e. The number of benzene rings is 2. The molecule has 3 aromatic rings. The lowest BCUT2D eigenvalue weighted by Crippen LogP contribution is -2.37. The summed E-state index contributed by atoms with van der Waals surface area (Å²) in [5, 5.41) is 16.3. The van der Waals surface area contributed by atoms with Gasteiger partial charge in [0.05, 0.1) is 26.3 Å². The first-order chi connectivity index (χ1) is 19.1. The smallest absolute Gasteiger partial charge is 0.385 e. The average molecular weight is 574 g/mol. The molecule has 1 aliphatic heterocycles. The fraction of sp³-hybridized carbons (Fsp3) is 0.385. The number of carbonyl (C=O) groups is 2. The van der Waals surface area contributed by atoms with Crippen LogP contribution >= 0.6 is 0 Å². The lowest BCUT2D eigenvalue weighted by Gasteiger charge is -2.28. The molecule has 0 spiro atoms. The van der Waals surface area contributed by atoms with E-state index in [1.807, 2.05) is 19.1 Å². The number of carbonyl (C=O) groups excluding carboxylic acids is 1. The normalized spacial score (nSPS) is 15.1. The molecule has 1 unspecified atom stereocenters. The van der Waals surface area contributed by atoms with Crippen molar-refractivity contribution in [3.63, 3.8) is 0 Å². The second-order valence-electron chi connectivity index (χ2n) is 9.38. The summed E-state index contributed by atoms with van der Waals surface area (Å²) in [6, 6.07) is 9.84. The standard InChI is InChI=1S/C26H31N5O8S/c1-17-5-6-18(22(27)13-25(32)37-2)11-19(17)14-31-15-20-12-21(7-8-24(20)39-40(31,35)36)38-10-4-3-9-30-16-23(26(33)34)28-29-30/h5-8,11-12,16,22H,3-4,9-10,13-15,27H2,1-2H3,(H,33,34). The summed E-state index contributed by atoms with van der Waals surface area (Å²) in [6.07, 6.45) is 2.77. The van der Waals surface area contributed by atoms with Gasteiger partial charge in [0.2, 0.25) is 0 Å². The van der Waals surface area contributed by atoms with Crippen molar-refractivity contribution in [1.29, 1.82) is 0 Å². The highest BCUT2D eigenvalue weighted by atomic mass is 32.2. The predicted molar refractivity (Wildman–Crippen MR) is 142 cm³/mol. The number of ether oxygens (including phenoxy) is 2. The van der Waals surface area contributed by atoms with Gasteiger partial charge in [0.25, 0.3) is 0 Å². The second kappa shape index (κ2) is 12.4. The van der Waals surface area contributed by atoms with Crippen LogP contribution in [0.3, 0.4) is 0 Å². The number of aromatic carboxylic acids is 1. The number of carboxylic acids is 1. The average Bonchev–Trinajstić information content (AvgIpc) is 3.39. The molecule has 2 aromatic carbocycles. The van der Waals surface area contributed by atoms with Crippen molar-refractivity contribution in [3.05, 3.63) is 70.5 Å². The lowest BCUT2D eigenvalue weighted by molar-refractivity contribution is -0.141. The lowest BCUT2D eigenvalue weighted by atomic mass is 9.98. The van der Waals surface area contributed by atoms with Crippen LogP contribution in [0.2, 0.25) is 0 Å². The minimum Gasteiger partial charge on any atom is -0.494 e. The molecule has 40 heavy (non-hydrogen) atoms. The van der Waals surface area contributed by atoms with Gasteiger partial charge in [-0.2, -0.15) is 12.7 Å². The Labute approximate surface area is 231 Å². The van der Waals surface area contributed by atoms with Crippen LogP contribution < -0.4 is 14.7 Å². The summed E-state index contributed by atoms with van der Waals surface area (Å²) in [7, 11) is -2.74. The number of aromatic nitrogens is 3. The van der Waals surface area contributed by atoms with Gasteiger partial charge in [-0.15, -0.1) is 5.10 Å². The summed E-state index contributed by atoms with van der Waals surface area (Å²) in [5.74, 6) is -0.737. The number of fused-ring (bicyclic) bond motifs is 1. The van der Waals surface area contributed by atoms with Crippen molar-refractivity contribution >= 4 is 22.2 Å². The number of carboxylic acid groups (broad SMARTS) is 1. The molecule has 214 valence electrons. The maximum atomic E-state index is 12.9. The molecule has 0 fully saturated rings. The number of esters is 1. The zero-order chi connectivity index (χ0) is 28.9. The number of unbranched alkanes of at least 4 members (excludes halogenated alkanes) is 1. The zero-order valence-corrected chi connectivity index (χ0v) is 23.0. The first-order valence-corrected chi connectivity index (χ1v) is 13.9. The van der Waals surface area contributed by atoms with E-state index in [-0.39, 0.29) is 31.0 Å². The SMILES string of the molecule is COC(=O)CC(N)c1ccc(C)c(CN2Cc3cc(OCCCCn4cc(C(=O)O)nn4)ccc3OS2(=O)=O)c1. The molecular weight excluding hydrogens is 542 g/mol. The van der Waals surface area contributed by atoms with E-state index in [2.05, 4.69) is 10.3 Å². The highest BCUT2D eigenvalue weighted by molar-refractivity contribution is 7.84. The topological polar surface area (TPSA) is 176 Å². The highest BCUT2D eigenvalue weighted by Gasteiger charge is 2.32. The minimum atomic E-state index is -4.04. The van der Waals surface area contributed by atoms with Crippen LogP contribution in [-0.4, -0.2) is 58.5 Å². The summed E-state index contributed by atoms with van der Waals surface area (Å²) >= 11 is 0. The fourth-order valence-corrected chi connectivity index (χ4v) is 5.24. The van der Waals surface area contributed by atoms with E-state index in [0.29, 0.717) is 42.9 Å². The van der Waals surface area contributed by atoms with Gasteiger partial charge in [0.1, 0.15) is 11.5 Å². The monoisotopic (exact) mass is 573 g/mol. The molecule has 14 heteroatoms. The maximum Gasteiger partial charge on any atom is 0.385 e. The van der Waals surface area contributed by atoms with Crippen LogP contribution in [0.5, 0.6) is 11.5 Å². The van der Waals surface area contributed by atoms with E-state index in [4.69, 9.17) is 24.5 Å². The Hall–Kier alpha value is -4.01. The first kappa shape index (κ1) is 29.0. The van der Waals surface area contributed by atoms with E-state index < -0.39 is 28.3 Å². The third-order valence-corrected chi connectivity index (χ3v) is 7.74. The Kier molecular flexibility index (Phi) is 9.02. The van der Waals surface area contributed by atoms with Crippen LogP contribution in [-0.2, 0) is 39.5 Å². The second-order valence-corrected chi connectivity index (χ2v) is 10.9. The summed E-state index contributed by atoms with van der Waals surface area (Å²) < 4.78 is 44.4. The maximum absolute atomic E-state index is 12.9.